The van der Waals surface area contributed by atoms with Crippen LogP contribution in [0.5, 0.6) is 0 Å². The zero-order valence-electron chi connectivity index (χ0n) is 12.0. The number of rotatable bonds is 4. The number of nitrogens with two attached hydrogens (primary N) is 1. The van der Waals surface area contributed by atoms with Crippen molar-refractivity contribution in [2.75, 3.05) is 6.54 Å². The minimum atomic E-state index is 0.123. The molecule has 3 nitrogen and oxygen atoms in total. The van der Waals surface area contributed by atoms with Gasteiger partial charge in [0.05, 0.1) is 17.0 Å². The van der Waals surface area contributed by atoms with E-state index in [1.165, 1.54) is 5.56 Å². The molecule has 2 N–H and O–H groups in total. The van der Waals surface area contributed by atoms with Crippen molar-refractivity contribution in [1.82, 2.24) is 9.55 Å². The van der Waals surface area contributed by atoms with Gasteiger partial charge < -0.3 is 10.3 Å². The van der Waals surface area contributed by atoms with Crippen molar-refractivity contribution < 1.29 is 0 Å². The van der Waals surface area contributed by atoms with E-state index < -0.39 is 0 Å². The molecule has 4 heteroatoms. The van der Waals surface area contributed by atoms with Crippen molar-refractivity contribution in [1.29, 1.82) is 0 Å². The number of benzene rings is 2. The molecule has 0 spiro atoms. The zero-order valence-corrected chi connectivity index (χ0v) is 13.5. The van der Waals surface area contributed by atoms with Crippen LogP contribution in [0, 0.1) is 0 Å². The summed E-state index contributed by atoms with van der Waals surface area (Å²) in [5, 5.41) is 0. The highest BCUT2D eigenvalue weighted by atomic mass is 79.9. The Labute approximate surface area is 132 Å². The van der Waals surface area contributed by atoms with Gasteiger partial charge in [-0.05, 0) is 30.7 Å². The Morgan fingerprint density at radius 1 is 1.19 bits per heavy atom. The average molecular weight is 344 g/mol. The molecule has 1 atom stereocenters. The van der Waals surface area contributed by atoms with Crippen LogP contribution in [0.3, 0.4) is 0 Å². The zero-order chi connectivity index (χ0) is 14.8. The van der Waals surface area contributed by atoms with Crippen molar-refractivity contribution in [2.24, 2.45) is 5.73 Å². The highest BCUT2D eigenvalue weighted by Crippen LogP contribution is 2.28. The van der Waals surface area contributed by atoms with E-state index in [9.17, 15) is 0 Å². The number of halogens is 1. The van der Waals surface area contributed by atoms with Crippen molar-refractivity contribution in [3.8, 4) is 0 Å². The van der Waals surface area contributed by atoms with Gasteiger partial charge in [0.1, 0.15) is 5.82 Å². The smallest absolute Gasteiger partial charge is 0.118 e. The predicted octanol–water partition coefficient (Wildman–Crippen LogP) is 3.91. The van der Waals surface area contributed by atoms with E-state index in [-0.39, 0.29) is 5.92 Å². The summed E-state index contributed by atoms with van der Waals surface area (Å²) in [5.74, 6) is 1.16. The Hall–Kier alpha value is -1.65. The Kier molecular flexibility index (Phi) is 4.08. The highest BCUT2D eigenvalue weighted by Gasteiger charge is 2.20. The molecule has 0 bridgehead atoms. The van der Waals surface area contributed by atoms with Gasteiger partial charge in [0.2, 0.25) is 0 Å². The summed E-state index contributed by atoms with van der Waals surface area (Å²) >= 11 is 3.51. The Morgan fingerprint density at radius 3 is 2.62 bits per heavy atom. The topological polar surface area (TPSA) is 43.8 Å². The van der Waals surface area contributed by atoms with E-state index in [0.717, 1.165) is 27.9 Å². The molecular formula is C17H18BrN3. The number of aryl methyl sites for hydroxylation is 1. The quantitative estimate of drug-likeness (QED) is 0.780. The van der Waals surface area contributed by atoms with Crippen LogP contribution in [0.4, 0.5) is 0 Å². The lowest BCUT2D eigenvalue weighted by atomic mass is 9.98. The molecule has 3 rings (SSSR count). The van der Waals surface area contributed by atoms with Crippen LogP contribution in [0.2, 0.25) is 0 Å². The number of imidazole rings is 1. The lowest BCUT2D eigenvalue weighted by Gasteiger charge is -2.16. The molecule has 0 aliphatic rings. The SMILES string of the molecule is CCn1c(C(CN)c2ccccc2)nc2cc(Br)ccc21. The summed E-state index contributed by atoms with van der Waals surface area (Å²) in [4.78, 5) is 4.84. The van der Waals surface area contributed by atoms with Crippen LogP contribution in [-0.4, -0.2) is 16.1 Å². The van der Waals surface area contributed by atoms with Crippen LogP contribution in [0.1, 0.15) is 24.2 Å². The fourth-order valence-electron chi connectivity index (χ4n) is 2.80. The van der Waals surface area contributed by atoms with E-state index in [1.807, 2.05) is 18.2 Å². The van der Waals surface area contributed by atoms with Gasteiger partial charge in [0, 0.05) is 17.6 Å². The van der Waals surface area contributed by atoms with Crippen LogP contribution in [-0.2, 0) is 6.54 Å². The van der Waals surface area contributed by atoms with Crippen LogP contribution in [0.15, 0.2) is 53.0 Å². The summed E-state index contributed by atoms with van der Waals surface area (Å²) in [6, 6.07) is 16.6. The minimum Gasteiger partial charge on any atom is -0.329 e. The van der Waals surface area contributed by atoms with Gasteiger partial charge in [-0.2, -0.15) is 0 Å². The molecule has 0 saturated carbocycles. The maximum Gasteiger partial charge on any atom is 0.118 e. The molecule has 3 aromatic rings. The van der Waals surface area contributed by atoms with E-state index in [4.69, 9.17) is 10.7 Å². The van der Waals surface area contributed by atoms with Gasteiger partial charge in [0.25, 0.3) is 0 Å². The standard InChI is InChI=1S/C17H18BrN3/c1-2-21-16-9-8-13(18)10-15(16)20-17(21)14(11-19)12-6-4-3-5-7-12/h3-10,14H,2,11,19H2,1H3. The van der Waals surface area contributed by atoms with Crippen molar-refractivity contribution in [3.05, 3.63) is 64.4 Å². The molecule has 2 aromatic carbocycles. The Balaban J connectivity index is 2.18. The number of hydrogen-bond acceptors (Lipinski definition) is 2. The fraction of sp³-hybridized carbons (Fsp3) is 0.235. The van der Waals surface area contributed by atoms with E-state index in [1.54, 1.807) is 0 Å². The molecule has 21 heavy (non-hydrogen) atoms. The first-order valence-corrected chi connectivity index (χ1v) is 7.94. The third-order valence-corrected chi connectivity index (χ3v) is 4.30. The largest absolute Gasteiger partial charge is 0.329 e. The Morgan fingerprint density at radius 2 is 1.95 bits per heavy atom. The van der Waals surface area contributed by atoms with Gasteiger partial charge in [0.15, 0.2) is 0 Å². The van der Waals surface area contributed by atoms with Gasteiger partial charge in [-0.25, -0.2) is 4.98 Å². The average Bonchev–Trinajstić information content (AvgIpc) is 2.86. The summed E-state index contributed by atoms with van der Waals surface area (Å²) in [6.07, 6.45) is 0. The second kappa shape index (κ2) is 6.00. The number of hydrogen-bond donors (Lipinski definition) is 1. The number of nitrogens with zero attached hydrogens (tertiary/aromatic N) is 2. The first-order chi connectivity index (χ1) is 10.2. The lowest BCUT2D eigenvalue weighted by molar-refractivity contribution is 0.660. The summed E-state index contributed by atoms with van der Waals surface area (Å²) in [5.41, 5.74) is 9.43. The third kappa shape index (κ3) is 2.61. The first kappa shape index (κ1) is 14.3. The van der Waals surface area contributed by atoms with Crippen molar-refractivity contribution in [3.63, 3.8) is 0 Å². The maximum absolute atomic E-state index is 6.05. The molecule has 0 aliphatic heterocycles. The fourth-order valence-corrected chi connectivity index (χ4v) is 3.14. The maximum atomic E-state index is 6.05. The monoisotopic (exact) mass is 343 g/mol. The minimum absolute atomic E-state index is 0.123. The normalized spacial score (nSPS) is 12.7. The molecule has 0 radical (unpaired) electrons. The lowest BCUT2D eigenvalue weighted by Crippen LogP contribution is -2.18. The van der Waals surface area contributed by atoms with Crippen LogP contribution in [0.25, 0.3) is 11.0 Å². The van der Waals surface area contributed by atoms with E-state index >= 15 is 0 Å². The molecule has 0 fully saturated rings. The van der Waals surface area contributed by atoms with Gasteiger partial charge >= 0.3 is 0 Å². The third-order valence-electron chi connectivity index (χ3n) is 3.81. The molecular weight excluding hydrogens is 326 g/mol. The summed E-state index contributed by atoms with van der Waals surface area (Å²) in [6.45, 7) is 3.58. The first-order valence-electron chi connectivity index (χ1n) is 7.15. The molecule has 108 valence electrons. The molecule has 0 aliphatic carbocycles. The molecule has 1 aromatic heterocycles. The van der Waals surface area contributed by atoms with E-state index in [0.29, 0.717) is 6.54 Å². The number of fused-ring (bicyclic) bond motifs is 1. The number of aromatic nitrogens is 2. The second-order valence-corrected chi connectivity index (χ2v) is 5.96. The van der Waals surface area contributed by atoms with Crippen LogP contribution < -0.4 is 5.73 Å². The van der Waals surface area contributed by atoms with Crippen molar-refractivity contribution in [2.45, 2.75) is 19.4 Å². The second-order valence-electron chi connectivity index (χ2n) is 5.05. The Bertz CT molecular complexity index is 749. The summed E-state index contributed by atoms with van der Waals surface area (Å²) < 4.78 is 3.30. The van der Waals surface area contributed by atoms with Crippen LogP contribution >= 0.6 is 15.9 Å². The van der Waals surface area contributed by atoms with Gasteiger partial charge in [-0.3, -0.25) is 0 Å². The van der Waals surface area contributed by atoms with E-state index in [2.05, 4.69) is 57.8 Å². The van der Waals surface area contributed by atoms with Gasteiger partial charge in [-0.1, -0.05) is 46.3 Å². The predicted molar refractivity (Wildman–Crippen MR) is 90.4 cm³/mol. The highest BCUT2D eigenvalue weighted by molar-refractivity contribution is 9.10. The molecule has 1 heterocycles. The molecule has 0 saturated heterocycles. The molecule has 1 unspecified atom stereocenters. The molecule has 0 amide bonds. The van der Waals surface area contributed by atoms with Crippen molar-refractivity contribution >= 4 is 27.0 Å². The summed E-state index contributed by atoms with van der Waals surface area (Å²) in [7, 11) is 0. The van der Waals surface area contributed by atoms with Gasteiger partial charge in [-0.15, -0.1) is 0 Å².